The van der Waals surface area contributed by atoms with Gasteiger partial charge in [0.15, 0.2) is 0 Å². The summed E-state index contributed by atoms with van der Waals surface area (Å²) in [6.07, 6.45) is 4.61. The summed E-state index contributed by atoms with van der Waals surface area (Å²) in [5.74, 6) is 0.151. The Morgan fingerprint density at radius 2 is 2.00 bits per heavy atom. The highest BCUT2D eigenvalue weighted by Crippen LogP contribution is 2.31. The third-order valence-corrected chi connectivity index (χ3v) is 4.12. The number of nitrogens with one attached hydrogen (secondary N) is 2. The number of anilines is 1. The van der Waals surface area contributed by atoms with Gasteiger partial charge in [-0.05, 0) is 49.6 Å². The van der Waals surface area contributed by atoms with Gasteiger partial charge in [-0.1, -0.05) is 12.5 Å². The number of carbonyl (C=O) groups is 2. The fourth-order valence-electron chi connectivity index (χ4n) is 2.87. The van der Waals surface area contributed by atoms with Gasteiger partial charge in [0.25, 0.3) is 5.91 Å². The molecule has 0 spiro atoms. The van der Waals surface area contributed by atoms with Crippen molar-refractivity contribution in [3.63, 3.8) is 0 Å². The van der Waals surface area contributed by atoms with Gasteiger partial charge in [-0.25, -0.2) is 0 Å². The highest BCUT2D eigenvalue weighted by atomic mass is 16.2. The van der Waals surface area contributed by atoms with Crippen LogP contribution in [0.15, 0.2) is 36.9 Å². The SMILES string of the molecule is C=CCNC(=O)c1ccc(NC(=O)[C@@H]2CCC[C@@H]2CN)cc1. The normalized spacial score (nSPS) is 20.4. The number of hydrogen-bond acceptors (Lipinski definition) is 3. The Morgan fingerprint density at radius 3 is 2.64 bits per heavy atom. The second-order valence-electron chi connectivity index (χ2n) is 5.60. The standard InChI is InChI=1S/C17H23N3O2/c1-2-10-19-16(21)12-6-8-14(9-7-12)20-17(22)15-5-3-4-13(15)11-18/h2,6-9,13,15H,1,3-5,10-11,18H2,(H,19,21)(H,20,22)/t13-,15-/m1/s1. The molecule has 0 bridgehead atoms. The number of amides is 2. The quantitative estimate of drug-likeness (QED) is 0.702. The second-order valence-corrected chi connectivity index (χ2v) is 5.60. The molecule has 0 unspecified atom stereocenters. The molecule has 2 rings (SSSR count). The molecule has 0 saturated heterocycles. The number of nitrogens with two attached hydrogens (primary N) is 1. The molecule has 2 atom stereocenters. The Labute approximate surface area is 131 Å². The first kappa shape index (κ1) is 16.2. The molecule has 0 aromatic heterocycles. The van der Waals surface area contributed by atoms with E-state index in [2.05, 4.69) is 17.2 Å². The van der Waals surface area contributed by atoms with E-state index in [-0.39, 0.29) is 23.7 Å². The second kappa shape index (κ2) is 7.75. The van der Waals surface area contributed by atoms with Gasteiger partial charge in [-0.15, -0.1) is 6.58 Å². The maximum Gasteiger partial charge on any atom is 0.251 e. The van der Waals surface area contributed by atoms with E-state index in [0.717, 1.165) is 19.3 Å². The summed E-state index contributed by atoms with van der Waals surface area (Å²) in [5, 5.41) is 5.62. The summed E-state index contributed by atoms with van der Waals surface area (Å²) in [6, 6.07) is 6.88. The fourth-order valence-corrected chi connectivity index (χ4v) is 2.87. The first-order valence-electron chi connectivity index (χ1n) is 7.65. The number of rotatable bonds is 6. The van der Waals surface area contributed by atoms with E-state index < -0.39 is 0 Å². The fraction of sp³-hybridized carbons (Fsp3) is 0.412. The van der Waals surface area contributed by atoms with Crippen molar-refractivity contribution in [1.29, 1.82) is 0 Å². The van der Waals surface area contributed by atoms with Crippen LogP contribution in [0.1, 0.15) is 29.6 Å². The van der Waals surface area contributed by atoms with Crippen LogP contribution in [0, 0.1) is 11.8 Å². The van der Waals surface area contributed by atoms with Crippen molar-refractivity contribution in [1.82, 2.24) is 5.32 Å². The molecule has 0 aliphatic heterocycles. The van der Waals surface area contributed by atoms with Crippen LogP contribution in [0.25, 0.3) is 0 Å². The molecule has 1 aliphatic rings. The van der Waals surface area contributed by atoms with Crippen LogP contribution in [0.3, 0.4) is 0 Å². The highest BCUT2D eigenvalue weighted by Gasteiger charge is 2.31. The summed E-state index contributed by atoms with van der Waals surface area (Å²) in [5.41, 5.74) is 6.97. The molecule has 4 N–H and O–H groups in total. The Kier molecular flexibility index (Phi) is 5.72. The van der Waals surface area contributed by atoms with E-state index in [4.69, 9.17) is 5.73 Å². The minimum Gasteiger partial charge on any atom is -0.349 e. The third kappa shape index (κ3) is 3.95. The van der Waals surface area contributed by atoms with E-state index >= 15 is 0 Å². The van der Waals surface area contributed by atoms with Crippen molar-refractivity contribution in [2.45, 2.75) is 19.3 Å². The van der Waals surface area contributed by atoms with Crippen LogP contribution in [-0.4, -0.2) is 24.9 Å². The van der Waals surface area contributed by atoms with Gasteiger partial charge >= 0.3 is 0 Å². The lowest BCUT2D eigenvalue weighted by Gasteiger charge is -2.17. The summed E-state index contributed by atoms with van der Waals surface area (Å²) in [7, 11) is 0. The molecule has 2 amide bonds. The number of carbonyl (C=O) groups excluding carboxylic acids is 2. The maximum absolute atomic E-state index is 12.3. The molecule has 1 fully saturated rings. The largest absolute Gasteiger partial charge is 0.349 e. The molecule has 5 heteroatoms. The van der Waals surface area contributed by atoms with Crippen LogP contribution in [-0.2, 0) is 4.79 Å². The minimum atomic E-state index is -0.156. The number of benzene rings is 1. The average molecular weight is 301 g/mol. The summed E-state index contributed by atoms with van der Waals surface area (Å²) >= 11 is 0. The smallest absolute Gasteiger partial charge is 0.251 e. The van der Waals surface area contributed by atoms with Crippen LogP contribution in [0.4, 0.5) is 5.69 Å². The molecular formula is C17H23N3O2. The molecule has 1 aromatic carbocycles. The lowest BCUT2D eigenvalue weighted by atomic mass is 9.95. The molecule has 5 nitrogen and oxygen atoms in total. The maximum atomic E-state index is 12.3. The van der Waals surface area contributed by atoms with Crippen molar-refractivity contribution in [2.24, 2.45) is 17.6 Å². The van der Waals surface area contributed by atoms with Crippen molar-refractivity contribution < 1.29 is 9.59 Å². The summed E-state index contributed by atoms with van der Waals surface area (Å²) < 4.78 is 0. The van der Waals surface area contributed by atoms with Gasteiger partial charge in [-0.2, -0.15) is 0 Å². The molecule has 0 heterocycles. The zero-order valence-corrected chi connectivity index (χ0v) is 12.7. The zero-order valence-electron chi connectivity index (χ0n) is 12.7. The monoisotopic (exact) mass is 301 g/mol. The Balaban J connectivity index is 1.94. The topological polar surface area (TPSA) is 84.2 Å². The highest BCUT2D eigenvalue weighted by molar-refractivity contribution is 5.96. The number of hydrogen-bond donors (Lipinski definition) is 3. The molecule has 1 saturated carbocycles. The molecule has 1 aromatic rings. The van der Waals surface area contributed by atoms with Gasteiger partial charge in [-0.3, -0.25) is 9.59 Å². The zero-order chi connectivity index (χ0) is 15.9. The molecular weight excluding hydrogens is 278 g/mol. The minimum absolute atomic E-state index is 0.000525. The van der Waals surface area contributed by atoms with Crippen LogP contribution in [0.5, 0.6) is 0 Å². The van der Waals surface area contributed by atoms with Gasteiger partial charge in [0.2, 0.25) is 5.91 Å². The van der Waals surface area contributed by atoms with Gasteiger partial charge in [0.05, 0.1) is 0 Å². The van der Waals surface area contributed by atoms with Crippen molar-refractivity contribution in [2.75, 3.05) is 18.4 Å². The van der Waals surface area contributed by atoms with Gasteiger partial charge in [0, 0.05) is 23.7 Å². The lowest BCUT2D eigenvalue weighted by molar-refractivity contribution is -0.120. The van der Waals surface area contributed by atoms with Crippen LogP contribution < -0.4 is 16.4 Å². The summed E-state index contributed by atoms with van der Waals surface area (Å²) in [4.78, 5) is 24.1. The predicted molar refractivity (Wildman–Crippen MR) is 87.5 cm³/mol. The van der Waals surface area contributed by atoms with Crippen LogP contribution in [0.2, 0.25) is 0 Å². The lowest BCUT2D eigenvalue weighted by Crippen LogP contribution is -2.29. The molecule has 0 radical (unpaired) electrons. The Morgan fingerprint density at radius 1 is 1.27 bits per heavy atom. The van der Waals surface area contributed by atoms with Gasteiger partial charge in [0.1, 0.15) is 0 Å². The van der Waals surface area contributed by atoms with E-state index in [0.29, 0.717) is 24.3 Å². The van der Waals surface area contributed by atoms with E-state index in [9.17, 15) is 9.59 Å². The first-order valence-corrected chi connectivity index (χ1v) is 7.65. The first-order chi connectivity index (χ1) is 10.7. The molecule has 22 heavy (non-hydrogen) atoms. The molecule has 1 aliphatic carbocycles. The van der Waals surface area contributed by atoms with Crippen molar-refractivity contribution in [3.8, 4) is 0 Å². The summed E-state index contributed by atoms with van der Waals surface area (Å²) in [6.45, 7) is 4.54. The third-order valence-electron chi connectivity index (χ3n) is 4.12. The van der Waals surface area contributed by atoms with E-state index in [1.165, 1.54) is 0 Å². The van der Waals surface area contributed by atoms with Crippen LogP contribution >= 0.6 is 0 Å². The van der Waals surface area contributed by atoms with Crippen molar-refractivity contribution >= 4 is 17.5 Å². The van der Waals surface area contributed by atoms with Gasteiger partial charge < -0.3 is 16.4 Å². The Bertz CT molecular complexity index is 539. The Hall–Kier alpha value is -2.14. The average Bonchev–Trinajstić information content (AvgIpc) is 3.02. The predicted octanol–water partition coefficient (Wildman–Crippen LogP) is 1.92. The van der Waals surface area contributed by atoms with Crippen molar-refractivity contribution in [3.05, 3.63) is 42.5 Å². The van der Waals surface area contributed by atoms with E-state index in [1.54, 1.807) is 30.3 Å². The molecule has 118 valence electrons. The van der Waals surface area contributed by atoms with E-state index in [1.807, 2.05) is 0 Å².